The first kappa shape index (κ1) is 17.0. The van der Waals surface area contributed by atoms with Gasteiger partial charge in [0.15, 0.2) is 0 Å². The number of urea groups is 1. The number of rotatable bonds is 6. The summed E-state index contributed by atoms with van der Waals surface area (Å²) >= 11 is 0. The Morgan fingerprint density at radius 3 is 2.24 bits per heavy atom. The molecule has 0 bridgehead atoms. The Balaban J connectivity index is 3.01. The van der Waals surface area contributed by atoms with Gasteiger partial charge in [-0.25, -0.2) is 4.79 Å². The largest absolute Gasteiger partial charge is 0.481 e. The van der Waals surface area contributed by atoms with Crippen molar-refractivity contribution in [2.75, 3.05) is 18.5 Å². The average molecular weight is 292 g/mol. The van der Waals surface area contributed by atoms with E-state index in [-0.39, 0.29) is 24.5 Å². The molecule has 0 atom stereocenters. The van der Waals surface area contributed by atoms with Crippen LogP contribution in [-0.2, 0) is 4.79 Å². The summed E-state index contributed by atoms with van der Waals surface area (Å²) in [7, 11) is 1.75. The topological polar surface area (TPSA) is 60.9 Å². The molecule has 0 aromatic heterocycles. The first-order valence-electron chi connectivity index (χ1n) is 7.11. The Hall–Kier alpha value is -2.04. The number of para-hydroxylation sites is 1. The summed E-state index contributed by atoms with van der Waals surface area (Å²) in [6.07, 6.45) is 0.734. The molecule has 2 amide bonds. The summed E-state index contributed by atoms with van der Waals surface area (Å²) in [4.78, 5) is 26.7. The lowest BCUT2D eigenvalue weighted by atomic mass is 10.0. The molecule has 0 saturated heterocycles. The molecule has 0 aliphatic carbocycles. The van der Waals surface area contributed by atoms with Crippen LogP contribution in [0.15, 0.2) is 30.3 Å². The van der Waals surface area contributed by atoms with Gasteiger partial charge >= 0.3 is 12.0 Å². The summed E-state index contributed by atoms with van der Waals surface area (Å²) in [5.41, 5.74) is 0.426. The van der Waals surface area contributed by atoms with Gasteiger partial charge in [-0.05, 0) is 32.4 Å². The standard InChI is InChI=1S/C16H24N2O3/c1-5-16(2,3)17(4)15(21)18(12-11-14(19)20)13-9-7-6-8-10-13/h6-10H,5,11-12H2,1-4H3,(H,19,20). The highest BCUT2D eigenvalue weighted by Crippen LogP contribution is 2.22. The monoisotopic (exact) mass is 292 g/mol. The van der Waals surface area contributed by atoms with Gasteiger partial charge in [0.25, 0.3) is 0 Å². The van der Waals surface area contributed by atoms with Crippen LogP contribution in [0.5, 0.6) is 0 Å². The summed E-state index contributed by atoms with van der Waals surface area (Å²) in [5, 5.41) is 8.88. The van der Waals surface area contributed by atoms with Crippen molar-refractivity contribution >= 4 is 17.7 Å². The van der Waals surface area contributed by atoms with Crippen LogP contribution in [-0.4, -0.2) is 41.1 Å². The normalized spacial score (nSPS) is 11.0. The van der Waals surface area contributed by atoms with Crippen LogP contribution in [0.4, 0.5) is 10.5 Å². The average Bonchev–Trinajstić information content (AvgIpc) is 2.47. The van der Waals surface area contributed by atoms with Crippen LogP contribution in [0.2, 0.25) is 0 Å². The molecule has 1 aromatic carbocycles. The van der Waals surface area contributed by atoms with E-state index >= 15 is 0 Å². The van der Waals surface area contributed by atoms with Gasteiger partial charge in [0.1, 0.15) is 0 Å². The molecule has 1 aromatic rings. The number of anilines is 1. The van der Waals surface area contributed by atoms with Crippen LogP contribution in [0.1, 0.15) is 33.6 Å². The molecule has 0 aliphatic heterocycles. The summed E-state index contributed by atoms with van der Waals surface area (Å²) in [6, 6.07) is 8.97. The van der Waals surface area contributed by atoms with Crippen LogP contribution in [0.25, 0.3) is 0 Å². The Morgan fingerprint density at radius 2 is 1.76 bits per heavy atom. The number of benzene rings is 1. The van der Waals surface area contributed by atoms with Gasteiger partial charge < -0.3 is 10.0 Å². The SMILES string of the molecule is CCC(C)(C)N(C)C(=O)N(CCC(=O)O)c1ccccc1. The molecule has 0 aliphatic rings. The van der Waals surface area contributed by atoms with E-state index in [0.29, 0.717) is 5.69 Å². The first-order valence-corrected chi connectivity index (χ1v) is 7.11. The van der Waals surface area contributed by atoms with Gasteiger partial charge in [-0.3, -0.25) is 9.69 Å². The van der Waals surface area contributed by atoms with Crippen molar-refractivity contribution in [1.29, 1.82) is 0 Å². The number of hydrogen-bond acceptors (Lipinski definition) is 2. The van der Waals surface area contributed by atoms with E-state index < -0.39 is 5.97 Å². The lowest BCUT2D eigenvalue weighted by Gasteiger charge is -2.38. The lowest BCUT2D eigenvalue weighted by molar-refractivity contribution is -0.136. The smallest absolute Gasteiger partial charge is 0.324 e. The zero-order chi connectivity index (χ0) is 16.0. The summed E-state index contributed by atoms with van der Waals surface area (Å²) in [5.74, 6) is -0.916. The van der Waals surface area contributed by atoms with E-state index in [1.807, 2.05) is 51.1 Å². The van der Waals surface area contributed by atoms with Gasteiger partial charge in [-0.15, -0.1) is 0 Å². The van der Waals surface area contributed by atoms with Crippen molar-refractivity contribution in [3.63, 3.8) is 0 Å². The molecule has 5 heteroatoms. The number of carboxylic acid groups (broad SMARTS) is 1. The molecule has 5 nitrogen and oxygen atoms in total. The molecule has 1 N–H and O–H groups in total. The summed E-state index contributed by atoms with van der Waals surface area (Å²) < 4.78 is 0. The number of carbonyl (C=O) groups is 2. The molecular weight excluding hydrogens is 268 g/mol. The highest BCUT2D eigenvalue weighted by molar-refractivity contribution is 5.92. The van der Waals surface area contributed by atoms with Crippen LogP contribution in [0.3, 0.4) is 0 Å². The molecule has 1 rings (SSSR count). The fourth-order valence-electron chi connectivity index (χ4n) is 1.83. The number of nitrogens with zero attached hydrogens (tertiary/aromatic N) is 2. The van der Waals surface area contributed by atoms with E-state index in [0.717, 1.165) is 6.42 Å². The highest BCUT2D eigenvalue weighted by Gasteiger charge is 2.29. The molecule has 0 unspecified atom stereocenters. The number of aliphatic carboxylic acids is 1. The second-order valence-corrected chi connectivity index (χ2v) is 5.64. The zero-order valence-electron chi connectivity index (χ0n) is 13.2. The predicted molar refractivity (Wildman–Crippen MR) is 83.6 cm³/mol. The molecule has 0 spiro atoms. The number of carboxylic acids is 1. The molecule has 0 saturated carbocycles. The van der Waals surface area contributed by atoms with Crippen molar-refractivity contribution in [1.82, 2.24) is 4.90 Å². The molecular formula is C16H24N2O3. The molecule has 0 fully saturated rings. The maximum absolute atomic E-state index is 12.7. The maximum Gasteiger partial charge on any atom is 0.324 e. The van der Waals surface area contributed by atoms with Gasteiger partial charge in [0.05, 0.1) is 6.42 Å². The quantitative estimate of drug-likeness (QED) is 0.875. The second-order valence-electron chi connectivity index (χ2n) is 5.64. The third-order valence-corrected chi connectivity index (χ3v) is 3.91. The van der Waals surface area contributed by atoms with E-state index in [1.165, 1.54) is 4.90 Å². The predicted octanol–water partition coefficient (Wildman–Crippen LogP) is 3.21. The van der Waals surface area contributed by atoms with Crippen LogP contribution < -0.4 is 4.90 Å². The third kappa shape index (κ3) is 4.48. The van der Waals surface area contributed by atoms with Gasteiger partial charge in [0.2, 0.25) is 0 Å². The Bertz CT molecular complexity index is 486. The van der Waals surface area contributed by atoms with Gasteiger partial charge in [-0.1, -0.05) is 25.1 Å². The Morgan fingerprint density at radius 1 is 1.19 bits per heavy atom. The van der Waals surface area contributed by atoms with Crippen molar-refractivity contribution in [2.45, 2.75) is 39.2 Å². The molecule has 0 radical (unpaired) electrons. The Kier molecular flexibility index (Phi) is 5.76. The lowest BCUT2D eigenvalue weighted by Crippen LogP contribution is -2.51. The Labute approximate surface area is 126 Å². The fourth-order valence-corrected chi connectivity index (χ4v) is 1.83. The van der Waals surface area contributed by atoms with Crippen molar-refractivity contribution in [3.05, 3.63) is 30.3 Å². The zero-order valence-corrected chi connectivity index (χ0v) is 13.2. The first-order chi connectivity index (χ1) is 9.79. The maximum atomic E-state index is 12.7. The van der Waals surface area contributed by atoms with Gasteiger partial charge in [-0.2, -0.15) is 0 Å². The highest BCUT2D eigenvalue weighted by atomic mass is 16.4. The van der Waals surface area contributed by atoms with Crippen LogP contribution in [0, 0.1) is 0 Å². The van der Waals surface area contributed by atoms with E-state index in [9.17, 15) is 9.59 Å². The minimum Gasteiger partial charge on any atom is -0.481 e. The van der Waals surface area contributed by atoms with Crippen molar-refractivity contribution in [2.24, 2.45) is 0 Å². The number of amides is 2. The molecule has 116 valence electrons. The molecule has 21 heavy (non-hydrogen) atoms. The van der Waals surface area contributed by atoms with Crippen LogP contribution >= 0.6 is 0 Å². The van der Waals surface area contributed by atoms with E-state index in [2.05, 4.69) is 0 Å². The van der Waals surface area contributed by atoms with Gasteiger partial charge in [0, 0.05) is 24.8 Å². The fraction of sp³-hybridized carbons (Fsp3) is 0.500. The minimum atomic E-state index is -0.916. The molecule has 0 heterocycles. The third-order valence-electron chi connectivity index (χ3n) is 3.91. The number of hydrogen-bond donors (Lipinski definition) is 1. The van der Waals surface area contributed by atoms with E-state index in [4.69, 9.17) is 5.11 Å². The minimum absolute atomic E-state index is 0.0823. The van der Waals surface area contributed by atoms with E-state index in [1.54, 1.807) is 11.9 Å². The summed E-state index contributed by atoms with van der Waals surface area (Å²) in [6.45, 7) is 6.16. The second kappa shape index (κ2) is 7.11. The number of carbonyl (C=O) groups excluding carboxylic acids is 1. The van der Waals surface area contributed by atoms with Crippen molar-refractivity contribution < 1.29 is 14.7 Å². The van der Waals surface area contributed by atoms with Crippen molar-refractivity contribution in [3.8, 4) is 0 Å².